The Morgan fingerprint density at radius 2 is 2.33 bits per heavy atom. The number of carbonyl (C=O) groups is 1. The third-order valence-corrected chi connectivity index (χ3v) is 3.72. The Bertz CT molecular complexity index is 555. The minimum absolute atomic E-state index is 0.00153. The second-order valence-electron chi connectivity index (χ2n) is 3.85. The first-order valence-electron chi connectivity index (χ1n) is 5.65. The monoisotopic (exact) mass is 283 g/mol. The summed E-state index contributed by atoms with van der Waals surface area (Å²) in [5.41, 5.74) is 0.920. The van der Waals surface area contributed by atoms with E-state index in [1.807, 2.05) is 18.2 Å². The van der Waals surface area contributed by atoms with Gasteiger partial charge in [0, 0.05) is 18.0 Å². The van der Waals surface area contributed by atoms with Crippen LogP contribution in [0.15, 0.2) is 18.2 Å². The second kappa shape index (κ2) is 6.13. The fraction of sp³-hybridized carbons (Fsp3) is 0.333. The lowest BCUT2D eigenvalue weighted by molar-refractivity contribution is -0.120. The number of nitrogens with zero attached hydrogens (tertiary/aromatic N) is 1. The van der Waals surface area contributed by atoms with E-state index in [2.05, 4.69) is 15.6 Å². The molecule has 0 unspecified atom stereocenters. The van der Waals surface area contributed by atoms with Crippen LogP contribution in [0.25, 0.3) is 10.2 Å². The van der Waals surface area contributed by atoms with E-state index < -0.39 is 0 Å². The Kier molecular flexibility index (Phi) is 4.52. The highest BCUT2D eigenvalue weighted by atomic mass is 35.5. The van der Waals surface area contributed by atoms with E-state index in [9.17, 15) is 4.79 Å². The minimum Gasteiger partial charge on any atom is -0.355 e. The van der Waals surface area contributed by atoms with Crippen molar-refractivity contribution in [3.63, 3.8) is 0 Å². The summed E-state index contributed by atoms with van der Waals surface area (Å²) in [6.45, 7) is 0.948. The first kappa shape index (κ1) is 13.3. The molecule has 2 aromatic rings. The van der Waals surface area contributed by atoms with Gasteiger partial charge in [-0.05, 0) is 25.2 Å². The Morgan fingerprint density at radius 3 is 3.11 bits per heavy atom. The van der Waals surface area contributed by atoms with Gasteiger partial charge in [0.05, 0.1) is 21.8 Å². The lowest BCUT2D eigenvalue weighted by Crippen LogP contribution is -2.33. The number of thiazole rings is 1. The third kappa shape index (κ3) is 3.41. The molecule has 0 radical (unpaired) electrons. The Balaban J connectivity index is 1.94. The smallest absolute Gasteiger partial charge is 0.233 e. The van der Waals surface area contributed by atoms with Crippen molar-refractivity contribution in [2.45, 2.75) is 6.42 Å². The maximum absolute atomic E-state index is 11.2. The van der Waals surface area contributed by atoms with Gasteiger partial charge >= 0.3 is 0 Å². The van der Waals surface area contributed by atoms with Crippen LogP contribution in [0.5, 0.6) is 0 Å². The molecule has 0 spiro atoms. The van der Waals surface area contributed by atoms with Crippen LogP contribution >= 0.6 is 22.9 Å². The van der Waals surface area contributed by atoms with Crippen molar-refractivity contribution in [1.29, 1.82) is 0 Å². The lowest BCUT2D eigenvalue weighted by atomic mass is 10.3. The molecule has 0 saturated carbocycles. The Hall–Kier alpha value is -1.17. The number of rotatable bonds is 5. The highest BCUT2D eigenvalue weighted by Gasteiger charge is 2.05. The quantitative estimate of drug-likeness (QED) is 0.880. The molecule has 0 bridgehead atoms. The summed E-state index contributed by atoms with van der Waals surface area (Å²) in [7, 11) is 1.75. The van der Waals surface area contributed by atoms with Gasteiger partial charge in [0.2, 0.25) is 5.91 Å². The second-order valence-corrected chi connectivity index (χ2v) is 5.40. The zero-order valence-electron chi connectivity index (χ0n) is 10.00. The maximum atomic E-state index is 11.2. The molecule has 4 nitrogen and oxygen atoms in total. The van der Waals surface area contributed by atoms with Crippen molar-refractivity contribution >= 4 is 39.1 Å². The summed E-state index contributed by atoms with van der Waals surface area (Å²) < 4.78 is 1.12. The van der Waals surface area contributed by atoms with E-state index in [1.54, 1.807) is 18.4 Å². The topological polar surface area (TPSA) is 54.0 Å². The van der Waals surface area contributed by atoms with Gasteiger partial charge in [-0.25, -0.2) is 4.98 Å². The van der Waals surface area contributed by atoms with Gasteiger partial charge in [-0.2, -0.15) is 0 Å². The van der Waals surface area contributed by atoms with Crippen molar-refractivity contribution in [3.8, 4) is 0 Å². The summed E-state index contributed by atoms with van der Waals surface area (Å²) in [6.07, 6.45) is 0.742. The van der Waals surface area contributed by atoms with Gasteiger partial charge in [-0.1, -0.05) is 11.6 Å². The molecule has 0 saturated heterocycles. The van der Waals surface area contributed by atoms with Crippen molar-refractivity contribution < 1.29 is 4.79 Å². The van der Waals surface area contributed by atoms with E-state index in [-0.39, 0.29) is 5.91 Å². The molecule has 2 N–H and O–H groups in total. The van der Waals surface area contributed by atoms with Crippen molar-refractivity contribution in [3.05, 3.63) is 28.2 Å². The van der Waals surface area contributed by atoms with Crippen LogP contribution in [0.1, 0.15) is 5.01 Å². The zero-order valence-corrected chi connectivity index (χ0v) is 11.6. The average molecular weight is 284 g/mol. The molecule has 1 aromatic heterocycles. The maximum Gasteiger partial charge on any atom is 0.233 e. The third-order valence-electron chi connectivity index (χ3n) is 2.39. The van der Waals surface area contributed by atoms with Crippen LogP contribution in [0.3, 0.4) is 0 Å². The van der Waals surface area contributed by atoms with Crippen molar-refractivity contribution in [2.24, 2.45) is 0 Å². The predicted molar refractivity (Wildman–Crippen MR) is 75.3 cm³/mol. The van der Waals surface area contributed by atoms with Gasteiger partial charge < -0.3 is 10.6 Å². The van der Waals surface area contributed by atoms with Gasteiger partial charge in [-0.3, -0.25) is 4.79 Å². The van der Waals surface area contributed by atoms with Gasteiger partial charge in [-0.15, -0.1) is 11.3 Å². The summed E-state index contributed by atoms with van der Waals surface area (Å²) in [5, 5.41) is 7.34. The lowest BCUT2D eigenvalue weighted by Gasteiger charge is -2.02. The number of hydrogen-bond donors (Lipinski definition) is 2. The molecule has 0 aliphatic heterocycles. The normalized spacial score (nSPS) is 10.8. The molecule has 0 aliphatic rings. The van der Waals surface area contributed by atoms with Crippen LogP contribution < -0.4 is 10.6 Å². The van der Waals surface area contributed by atoms with E-state index in [4.69, 9.17) is 11.6 Å². The van der Waals surface area contributed by atoms with Crippen LogP contribution in [0.2, 0.25) is 5.02 Å². The number of aromatic nitrogens is 1. The molecule has 96 valence electrons. The Labute approximate surface area is 114 Å². The summed E-state index contributed by atoms with van der Waals surface area (Å²) in [6, 6.07) is 5.69. The van der Waals surface area contributed by atoms with Gasteiger partial charge in [0.1, 0.15) is 0 Å². The number of halogens is 1. The summed E-state index contributed by atoms with van der Waals surface area (Å²) in [4.78, 5) is 15.7. The highest BCUT2D eigenvalue weighted by molar-refractivity contribution is 7.18. The molecule has 1 heterocycles. The first-order chi connectivity index (χ1) is 8.69. The zero-order chi connectivity index (χ0) is 13.0. The van der Waals surface area contributed by atoms with Crippen molar-refractivity contribution in [2.75, 3.05) is 20.1 Å². The molecule has 0 fully saturated rings. The van der Waals surface area contributed by atoms with E-state index in [0.29, 0.717) is 18.1 Å². The predicted octanol–water partition coefficient (Wildman–Crippen LogP) is 1.83. The molecule has 1 amide bonds. The number of likely N-dealkylation sites (N-methyl/N-ethyl adjacent to an activating group) is 1. The van der Waals surface area contributed by atoms with E-state index in [0.717, 1.165) is 21.6 Å². The van der Waals surface area contributed by atoms with Crippen LogP contribution in [0.4, 0.5) is 0 Å². The van der Waals surface area contributed by atoms with Crippen LogP contribution in [-0.2, 0) is 11.2 Å². The highest BCUT2D eigenvalue weighted by Crippen LogP contribution is 2.24. The Morgan fingerprint density at radius 1 is 1.50 bits per heavy atom. The summed E-state index contributed by atoms with van der Waals surface area (Å²) >= 11 is 7.54. The molecular formula is C12H14ClN3OS. The molecule has 0 atom stereocenters. The van der Waals surface area contributed by atoms with Gasteiger partial charge in [0.15, 0.2) is 0 Å². The number of nitrogens with one attached hydrogen (secondary N) is 2. The molecule has 6 heteroatoms. The fourth-order valence-corrected chi connectivity index (χ4v) is 2.70. The summed E-state index contributed by atoms with van der Waals surface area (Å²) in [5.74, 6) is 0.00153. The van der Waals surface area contributed by atoms with Crippen molar-refractivity contribution in [1.82, 2.24) is 15.6 Å². The SMILES string of the molecule is CNCC(=O)NCCc1nc2cc(Cl)ccc2s1. The van der Waals surface area contributed by atoms with Crippen LogP contribution in [-0.4, -0.2) is 31.0 Å². The largest absolute Gasteiger partial charge is 0.355 e. The van der Waals surface area contributed by atoms with E-state index >= 15 is 0 Å². The fourth-order valence-electron chi connectivity index (χ4n) is 1.59. The number of hydrogen-bond acceptors (Lipinski definition) is 4. The number of amides is 1. The van der Waals surface area contributed by atoms with Gasteiger partial charge in [0.25, 0.3) is 0 Å². The number of fused-ring (bicyclic) bond motifs is 1. The molecule has 2 rings (SSSR count). The molecule has 1 aromatic carbocycles. The average Bonchev–Trinajstić information content (AvgIpc) is 2.71. The van der Waals surface area contributed by atoms with Crippen LogP contribution in [0, 0.1) is 0 Å². The number of carbonyl (C=O) groups excluding carboxylic acids is 1. The standard InChI is InChI=1S/C12H14ClN3OS/c1-14-7-11(17)15-5-4-12-16-9-6-8(13)2-3-10(9)18-12/h2-3,6,14H,4-5,7H2,1H3,(H,15,17). The molecular weight excluding hydrogens is 270 g/mol. The molecule has 18 heavy (non-hydrogen) atoms. The first-order valence-corrected chi connectivity index (χ1v) is 6.85. The number of benzene rings is 1. The van der Waals surface area contributed by atoms with E-state index in [1.165, 1.54) is 0 Å². The molecule has 0 aliphatic carbocycles. The minimum atomic E-state index is 0.00153.